The molecule has 0 spiro atoms. The zero-order valence-corrected chi connectivity index (χ0v) is 48.2. The van der Waals surface area contributed by atoms with Gasteiger partial charge in [-0.05, 0) is 190 Å². The van der Waals surface area contributed by atoms with Crippen LogP contribution >= 0.6 is 0 Å². The molecule has 0 saturated carbocycles. The molecule has 2 amide bonds. The molecule has 450 valence electrons. The van der Waals surface area contributed by atoms with Crippen molar-refractivity contribution in [1.82, 2.24) is 29.6 Å². The van der Waals surface area contributed by atoms with Crippen molar-refractivity contribution in [3.8, 4) is 0 Å². The Kier molecular flexibility index (Phi) is 19.4. The summed E-state index contributed by atoms with van der Waals surface area (Å²) >= 11 is 0. The Hall–Kier alpha value is -6.99. The highest BCUT2D eigenvalue weighted by Gasteiger charge is 2.32. The van der Waals surface area contributed by atoms with Crippen molar-refractivity contribution in [2.45, 2.75) is 69.3 Å². The van der Waals surface area contributed by atoms with E-state index in [0.717, 1.165) is 116 Å². The van der Waals surface area contributed by atoms with Gasteiger partial charge in [0, 0.05) is 96.4 Å². The molecule has 5 N–H and O–H groups in total. The van der Waals surface area contributed by atoms with Crippen molar-refractivity contribution in [2.75, 3.05) is 87.4 Å². The fourth-order valence-electron chi connectivity index (χ4n) is 11.9. The fourth-order valence-corrected chi connectivity index (χ4v) is 13.0. The quantitative estimate of drug-likeness (QED) is 0.0353. The van der Waals surface area contributed by atoms with Crippen LogP contribution in [0.5, 0.6) is 0 Å². The normalized spacial score (nSPS) is 18.2. The number of aliphatic hydroxyl groups excluding tert-OH is 1. The summed E-state index contributed by atoms with van der Waals surface area (Å²) in [5, 5.41) is 13.0. The average Bonchev–Trinajstić information content (AvgIpc) is 3.96. The number of hydrogen-bond acceptors (Lipinski definition) is 10. The molecule has 84 heavy (non-hydrogen) atoms. The van der Waals surface area contributed by atoms with E-state index in [1.165, 1.54) is 29.9 Å². The van der Waals surface area contributed by atoms with Crippen LogP contribution in [0, 0.1) is 46.7 Å². The van der Waals surface area contributed by atoms with Crippen molar-refractivity contribution in [2.24, 2.45) is 11.8 Å². The Morgan fingerprint density at radius 2 is 0.964 bits per heavy atom. The van der Waals surface area contributed by atoms with Crippen molar-refractivity contribution in [3.63, 3.8) is 0 Å². The molecule has 6 aromatic rings. The number of hydrogen-bond donors (Lipinski definition) is 5. The molecule has 1 unspecified atom stereocenters. The van der Waals surface area contributed by atoms with Gasteiger partial charge in [-0.3, -0.25) is 28.7 Å². The number of H-pyrrole nitrogens is 2. The number of anilines is 2. The number of aromatic amines is 2. The summed E-state index contributed by atoms with van der Waals surface area (Å²) < 4.78 is 132. The average molecular weight is 1210 g/mol. The molecule has 10 rings (SSSR count). The number of nitrogens with one attached hydrogen (secondary N) is 4. The van der Waals surface area contributed by atoms with Crippen molar-refractivity contribution < 1.29 is 62.7 Å². The predicted octanol–water partition coefficient (Wildman–Crippen LogP) is 9.11. The fraction of sp³-hybridized carbons (Fsp3) is 0.417. The zero-order valence-electron chi connectivity index (χ0n) is 46.5. The Bertz CT molecular complexity index is 3630. The van der Waals surface area contributed by atoms with E-state index >= 15 is 0 Å². The van der Waals surface area contributed by atoms with Crippen LogP contribution in [0.1, 0.15) is 85.5 Å². The van der Waals surface area contributed by atoms with E-state index in [1.807, 2.05) is 36.7 Å². The van der Waals surface area contributed by atoms with Crippen molar-refractivity contribution >= 4 is 83.0 Å². The van der Waals surface area contributed by atoms with Gasteiger partial charge in [0.15, 0.2) is 34.9 Å². The maximum atomic E-state index is 13.4. The zero-order chi connectivity index (χ0) is 60.0. The number of nitrogens with zero attached hydrogens (tertiary/aromatic N) is 4. The number of β-amino-alcohol motifs (C(OH)–C–C–N with tert-alkyl or cyclic N) is 1. The molecular weight excluding hydrogens is 1140 g/mol. The van der Waals surface area contributed by atoms with E-state index in [1.54, 1.807) is 21.9 Å². The molecular formula is C60H68F6N8O8S2. The first-order valence-electron chi connectivity index (χ1n) is 28.0. The second kappa shape index (κ2) is 26.5. The van der Waals surface area contributed by atoms with E-state index in [0.29, 0.717) is 88.2 Å². The van der Waals surface area contributed by atoms with Crippen LogP contribution < -0.4 is 9.44 Å². The molecule has 0 radical (unpaired) electrons. The maximum absolute atomic E-state index is 13.4. The van der Waals surface area contributed by atoms with Crippen LogP contribution in [0.15, 0.2) is 85.2 Å². The minimum absolute atomic E-state index is 0.0481. The highest BCUT2D eigenvalue weighted by atomic mass is 32.2. The van der Waals surface area contributed by atoms with Crippen LogP contribution in [-0.2, 0) is 34.4 Å². The lowest BCUT2D eigenvalue weighted by molar-refractivity contribution is -0.131. The van der Waals surface area contributed by atoms with Gasteiger partial charge >= 0.3 is 0 Å². The van der Waals surface area contributed by atoms with Gasteiger partial charge in [0.25, 0.3) is 0 Å². The molecule has 4 aliphatic rings. The minimum Gasteiger partial charge on any atom is -0.392 e. The summed E-state index contributed by atoms with van der Waals surface area (Å²) in [7, 11) is -6.74. The number of aromatic nitrogens is 2. The van der Waals surface area contributed by atoms with E-state index in [4.69, 9.17) is 0 Å². The number of ketones is 1. The molecule has 0 bridgehead atoms. The van der Waals surface area contributed by atoms with Gasteiger partial charge in [-0.1, -0.05) is 0 Å². The van der Waals surface area contributed by atoms with E-state index in [2.05, 4.69) is 29.2 Å². The van der Waals surface area contributed by atoms with E-state index < -0.39 is 61.1 Å². The van der Waals surface area contributed by atoms with Gasteiger partial charge in [-0.25, -0.2) is 43.2 Å². The number of aliphatic hydroxyl groups is 1. The van der Waals surface area contributed by atoms with Gasteiger partial charge < -0.3 is 29.8 Å². The van der Waals surface area contributed by atoms with Gasteiger partial charge in [-0.2, -0.15) is 0 Å². The molecule has 2 aromatic heterocycles. The largest absolute Gasteiger partial charge is 0.392 e. The number of benzene rings is 4. The number of carbonyl (C=O) groups is 3. The summed E-state index contributed by atoms with van der Waals surface area (Å²) in [5.74, 6) is -8.27. The van der Waals surface area contributed by atoms with Gasteiger partial charge in [0.2, 0.25) is 31.9 Å². The lowest BCUT2D eigenvalue weighted by atomic mass is 9.87. The van der Waals surface area contributed by atoms with E-state index in [9.17, 15) is 62.7 Å². The van der Waals surface area contributed by atoms with Crippen LogP contribution in [0.25, 0.3) is 34.0 Å². The number of halogens is 6. The predicted molar refractivity (Wildman–Crippen MR) is 311 cm³/mol. The van der Waals surface area contributed by atoms with Crippen LogP contribution in [0.2, 0.25) is 0 Å². The number of amides is 2. The molecule has 4 aromatic carbocycles. The van der Waals surface area contributed by atoms with E-state index in [-0.39, 0.29) is 40.6 Å². The second-order valence-corrected chi connectivity index (χ2v) is 25.9. The van der Waals surface area contributed by atoms with Crippen LogP contribution in [-0.4, -0.2) is 153 Å². The SMILES string of the molecule is CS(=O)(=O)Nc1ccc2[nH]cc(C3CCN(CC(=O)C4CCN(C(=O)/C=C/c5cc(F)c(F)c(F)c5)CC4)CC3)c2c1.CS(=O)(=O)Nc1ccc2[nH]cc(C3CCN(CC(O)C4CCN(C(=O)/C=C/c5cc(F)c(F)c(F)c5)CC4)CC3)c2c1. The first kappa shape index (κ1) is 61.6. The number of fused-ring (bicyclic) bond motifs is 2. The van der Waals surface area contributed by atoms with Gasteiger partial charge in [-0.15, -0.1) is 0 Å². The lowest BCUT2D eigenvalue weighted by Crippen LogP contribution is -2.45. The van der Waals surface area contributed by atoms with Gasteiger partial charge in [0.05, 0.1) is 25.2 Å². The molecule has 4 aliphatic heterocycles. The molecule has 4 fully saturated rings. The maximum Gasteiger partial charge on any atom is 0.246 e. The molecule has 1 atom stereocenters. The summed E-state index contributed by atoms with van der Waals surface area (Å²) in [6.45, 7) is 5.89. The van der Waals surface area contributed by atoms with Gasteiger partial charge in [0.1, 0.15) is 5.78 Å². The Balaban J connectivity index is 0.000000202. The highest BCUT2D eigenvalue weighted by molar-refractivity contribution is 7.92. The minimum atomic E-state index is -3.37. The van der Waals surface area contributed by atoms with Crippen molar-refractivity contribution in [1.29, 1.82) is 0 Å². The first-order valence-corrected chi connectivity index (χ1v) is 31.8. The number of Topliss-reactive ketones (excluding diaryl/α,β-unsaturated/α-hetero) is 1. The molecule has 4 saturated heterocycles. The number of piperidine rings is 4. The number of carbonyl (C=O) groups excluding carboxylic acids is 3. The summed E-state index contributed by atoms with van der Waals surface area (Å²) in [4.78, 5) is 52.4. The topological polar surface area (TPSA) is 208 Å². The second-order valence-electron chi connectivity index (χ2n) is 22.4. The monoisotopic (exact) mass is 1210 g/mol. The third kappa shape index (κ3) is 15.8. The van der Waals surface area contributed by atoms with Crippen LogP contribution in [0.4, 0.5) is 37.7 Å². The smallest absolute Gasteiger partial charge is 0.246 e. The molecule has 24 heteroatoms. The van der Waals surface area contributed by atoms with Crippen molar-refractivity contribution in [3.05, 3.63) is 142 Å². The number of sulfonamides is 2. The summed E-state index contributed by atoms with van der Waals surface area (Å²) in [5.41, 5.74) is 5.39. The Labute approximate surface area is 484 Å². The third-order valence-electron chi connectivity index (χ3n) is 16.4. The standard InChI is InChI=1S/C30H35F3N4O4S.C30H33F3N4O4S/c2*1-42(40,41)35-22-3-4-27-23(16-22)24(17-34-27)20-6-10-36(11-7-20)18-28(38)21-8-12-37(13-9-21)29(39)5-2-19-14-25(31)30(33)26(32)15-19/h2-5,14-17,20-21,28,34-35,38H,6-13,18H2,1H3;2-5,14-17,20-21,34-35H,6-13,18H2,1H3/b2*5-2+. The molecule has 16 nitrogen and oxygen atoms in total. The summed E-state index contributed by atoms with van der Waals surface area (Å²) in [6, 6.07) is 14.3. The third-order valence-corrected chi connectivity index (χ3v) is 17.6. The Morgan fingerprint density at radius 1 is 0.571 bits per heavy atom. The highest BCUT2D eigenvalue weighted by Crippen LogP contribution is 2.37. The first-order chi connectivity index (χ1) is 39.9. The number of likely N-dealkylation sites (tertiary alicyclic amines) is 4. The van der Waals surface area contributed by atoms with Crippen LogP contribution in [0.3, 0.4) is 0 Å². The Morgan fingerprint density at radius 3 is 1.37 bits per heavy atom. The number of rotatable bonds is 16. The lowest BCUT2D eigenvalue weighted by Gasteiger charge is -2.37. The summed E-state index contributed by atoms with van der Waals surface area (Å²) in [6.07, 6.45) is 16.7. The molecule has 6 heterocycles. The molecule has 0 aliphatic carbocycles.